The lowest BCUT2D eigenvalue weighted by Gasteiger charge is -2.69. The van der Waals surface area contributed by atoms with E-state index in [4.69, 9.17) is 0 Å². The maximum Gasteiger partial charge on any atom is 0.00256 e. The summed E-state index contributed by atoms with van der Waals surface area (Å²) in [5.41, 5.74) is 1.70. The van der Waals surface area contributed by atoms with Gasteiger partial charge in [-0.15, -0.1) is 0 Å². The van der Waals surface area contributed by atoms with Crippen molar-refractivity contribution in [3.8, 4) is 0 Å². The van der Waals surface area contributed by atoms with E-state index in [1.54, 1.807) is 19.3 Å². The van der Waals surface area contributed by atoms with Crippen LogP contribution in [0, 0.1) is 10.8 Å². The van der Waals surface area contributed by atoms with Crippen LogP contribution in [-0.2, 0) is 0 Å². The second-order valence-corrected chi connectivity index (χ2v) is 4.52. The van der Waals surface area contributed by atoms with Crippen LogP contribution in [0.3, 0.4) is 0 Å². The molecule has 56 valence electrons. The molecule has 1 aliphatic heterocycles. The molecule has 0 atom stereocenters. The van der Waals surface area contributed by atoms with Gasteiger partial charge in [-0.2, -0.15) is 0 Å². The second kappa shape index (κ2) is 1.42. The van der Waals surface area contributed by atoms with Gasteiger partial charge < -0.3 is 5.32 Å². The molecule has 1 saturated heterocycles. The van der Waals surface area contributed by atoms with Gasteiger partial charge >= 0.3 is 0 Å². The lowest BCUT2D eigenvalue weighted by molar-refractivity contribution is -0.167. The molecule has 0 bridgehead atoms. The zero-order valence-electron chi connectivity index (χ0n) is 6.45. The summed E-state index contributed by atoms with van der Waals surface area (Å²) in [6.07, 6.45) is 7.69. The molecule has 3 aliphatic rings. The molecule has 2 aliphatic carbocycles. The minimum Gasteiger partial charge on any atom is -0.315 e. The number of rotatable bonds is 0. The summed E-state index contributed by atoms with van der Waals surface area (Å²) in [5, 5.41) is 3.43. The van der Waals surface area contributed by atoms with Gasteiger partial charge in [0.1, 0.15) is 0 Å². The molecule has 1 heteroatoms. The highest BCUT2D eigenvalue weighted by atomic mass is 15.0. The predicted octanol–water partition coefficient (Wildman–Crippen LogP) is 1.54. The molecule has 10 heavy (non-hydrogen) atoms. The van der Waals surface area contributed by atoms with Crippen LogP contribution in [0.15, 0.2) is 0 Å². The van der Waals surface area contributed by atoms with Gasteiger partial charge in [0, 0.05) is 18.5 Å². The molecule has 2 spiro atoms. The lowest BCUT2D eigenvalue weighted by atomic mass is 9.39. The minimum atomic E-state index is 0.825. The average molecular weight is 137 g/mol. The molecule has 0 aromatic rings. The van der Waals surface area contributed by atoms with Gasteiger partial charge in [0.2, 0.25) is 0 Å². The number of hydrogen-bond donors (Lipinski definition) is 1. The fourth-order valence-corrected chi connectivity index (χ4v) is 3.19. The SMILES string of the molecule is C1CC2(C1)CCC21CNC1. The number of hydrogen-bond acceptors (Lipinski definition) is 1. The topological polar surface area (TPSA) is 12.0 Å². The van der Waals surface area contributed by atoms with E-state index in [1.807, 2.05) is 0 Å². The standard InChI is InChI=1S/C9H15N/c1-2-8(3-1)4-5-9(8)6-10-7-9/h10H,1-7H2. The Bertz CT molecular complexity index is 135. The van der Waals surface area contributed by atoms with Crippen molar-refractivity contribution in [2.24, 2.45) is 10.8 Å². The van der Waals surface area contributed by atoms with Crippen LogP contribution < -0.4 is 5.32 Å². The van der Waals surface area contributed by atoms with Crippen LogP contribution >= 0.6 is 0 Å². The summed E-state index contributed by atoms with van der Waals surface area (Å²) in [5.74, 6) is 0. The van der Waals surface area contributed by atoms with E-state index in [0.29, 0.717) is 0 Å². The molecule has 0 aromatic heterocycles. The summed E-state index contributed by atoms with van der Waals surface area (Å²) in [6.45, 7) is 2.68. The molecular weight excluding hydrogens is 122 g/mol. The highest BCUT2D eigenvalue weighted by Gasteiger charge is 2.63. The Kier molecular flexibility index (Phi) is 0.797. The largest absolute Gasteiger partial charge is 0.315 e. The maximum absolute atomic E-state index is 3.43. The van der Waals surface area contributed by atoms with Crippen LogP contribution in [0.4, 0.5) is 0 Å². The van der Waals surface area contributed by atoms with E-state index in [2.05, 4.69) is 5.32 Å². The maximum atomic E-state index is 3.43. The predicted molar refractivity (Wildman–Crippen MR) is 40.8 cm³/mol. The number of nitrogens with one attached hydrogen (secondary N) is 1. The van der Waals surface area contributed by atoms with Crippen LogP contribution in [0.25, 0.3) is 0 Å². The van der Waals surface area contributed by atoms with Crippen molar-refractivity contribution in [3.63, 3.8) is 0 Å². The zero-order chi connectivity index (χ0) is 6.66. The highest BCUT2D eigenvalue weighted by Crippen LogP contribution is 2.68. The summed E-state index contributed by atoms with van der Waals surface area (Å²) in [6, 6.07) is 0. The Balaban J connectivity index is 1.86. The summed E-state index contributed by atoms with van der Waals surface area (Å²) in [7, 11) is 0. The van der Waals surface area contributed by atoms with Gasteiger partial charge in [-0.3, -0.25) is 0 Å². The van der Waals surface area contributed by atoms with E-state index in [0.717, 1.165) is 10.8 Å². The first-order chi connectivity index (χ1) is 4.87. The van der Waals surface area contributed by atoms with Gasteiger partial charge in [0.15, 0.2) is 0 Å². The fraction of sp³-hybridized carbons (Fsp3) is 1.00. The quantitative estimate of drug-likeness (QED) is 0.534. The highest BCUT2D eigenvalue weighted by molar-refractivity contribution is 5.16. The van der Waals surface area contributed by atoms with Gasteiger partial charge in [0.25, 0.3) is 0 Å². The Morgan fingerprint density at radius 2 is 1.50 bits per heavy atom. The van der Waals surface area contributed by atoms with Crippen LogP contribution in [0.1, 0.15) is 32.1 Å². The van der Waals surface area contributed by atoms with Crippen molar-refractivity contribution < 1.29 is 0 Å². The van der Waals surface area contributed by atoms with Gasteiger partial charge in [-0.25, -0.2) is 0 Å². The molecule has 0 unspecified atom stereocenters. The lowest BCUT2D eigenvalue weighted by Crippen LogP contribution is -2.70. The second-order valence-electron chi connectivity index (χ2n) is 4.52. The Hall–Kier alpha value is -0.0400. The van der Waals surface area contributed by atoms with Crippen LogP contribution in [-0.4, -0.2) is 13.1 Å². The fourth-order valence-electron chi connectivity index (χ4n) is 3.19. The molecule has 0 aromatic carbocycles. The van der Waals surface area contributed by atoms with Crippen molar-refractivity contribution in [1.29, 1.82) is 0 Å². The first-order valence-electron chi connectivity index (χ1n) is 4.58. The van der Waals surface area contributed by atoms with Crippen molar-refractivity contribution in [3.05, 3.63) is 0 Å². The first-order valence-corrected chi connectivity index (χ1v) is 4.58. The van der Waals surface area contributed by atoms with Gasteiger partial charge in [-0.05, 0) is 31.1 Å². The minimum absolute atomic E-state index is 0.825. The van der Waals surface area contributed by atoms with Gasteiger partial charge in [-0.1, -0.05) is 6.42 Å². The molecule has 1 heterocycles. The van der Waals surface area contributed by atoms with Gasteiger partial charge in [0.05, 0.1) is 0 Å². The summed E-state index contributed by atoms with van der Waals surface area (Å²) in [4.78, 5) is 0. The third-order valence-corrected chi connectivity index (χ3v) is 4.44. The zero-order valence-corrected chi connectivity index (χ0v) is 6.45. The Labute approximate surface area is 62.2 Å². The van der Waals surface area contributed by atoms with Crippen LogP contribution in [0.5, 0.6) is 0 Å². The Morgan fingerprint density at radius 1 is 0.800 bits per heavy atom. The van der Waals surface area contributed by atoms with E-state index in [-0.39, 0.29) is 0 Å². The van der Waals surface area contributed by atoms with Crippen molar-refractivity contribution in [2.75, 3.05) is 13.1 Å². The van der Waals surface area contributed by atoms with Crippen molar-refractivity contribution in [1.82, 2.24) is 5.32 Å². The molecule has 3 rings (SSSR count). The van der Waals surface area contributed by atoms with E-state index in [1.165, 1.54) is 25.9 Å². The molecule has 3 fully saturated rings. The molecule has 1 N–H and O–H groups in total. The van der Waals surface area contributed by atoms with E-state index >= 15 is 0 Å². The van der Waals surface area contributed by atoms with Crippen LogP contribution in [0.2, 0.25) is 0 Å². The number of fused-ring (bicyclic) bond motifs is 1. The average Bonchev–Trinajstić information content (AvgIpc) is 1.51. The molecule has 0 amide bonds. The molecular formula is C9H15N. The molecule has 2 saturated carbocycles. The van der Waals surface area contributed by atoms with Crippen molar-refractivity contribution in [2.45, 2.75) is 32.1 Å². The molecule has 0 radical (unpaired) electrons. The molecule has 1 nitrogen and oxygen atoms in total. The monoisotopic (exact) mass is 137 g/mol. The van der Waals surface area contributed by atoms with E-state index < -0.39 is 0 Å². The summed E-state index contributed by atoms with van der Waals surface area (Å²) < 4.78 is 0. The normalized spacial score (nSPS) is 38.4. The first kappa shape index (κ1) is 5.59. The smallest absolute Gasteiger partial charge is 0.00256 e. The third-order valence-electron chi connectivity index (χ3n) is 4.44. The Morgan fingerprint density at radius 3 is 1.60 bits per heavy atom. The van der Waals surface area contributed by atoms with Crippen molar-refractivity contribution >= 4 is 0 Å². The third kappa shape index (κ3) is 0.378. The van der Waals surface area contributed by atoms with E-state index in [9.17, 15) is 0 Å². The summed E-state index contributed by atoms with van der Waals surface area (Å²) >= 11 is 0.